The summed E-state index contributed by atoms with van der Waals surface area (Å²) < 4.78 is 1.73. The van der Waals surface area contributed by atoms with Crippen LogP contribution in [0.1, 0.15) is 87.8 Å². The third-order valence-corrected chi connectivity index (χ3v) is 3.84. The molecule has 0 N–H and O–H groups in total. The summed E-state index contributed by atoms with van der Waals surface area (Å²) in [6, 6.07) is 1.94. The highest BCUT2D eigenvalue weighted by molar-refractivity contribution is 5.94. The fourth-order valence-corrected chi connectivity index (χ4v) is 2.51. The molecule has 0 aliphatic heterocycles. The second kappa shape index (κ2) is 9.73. The van der Waals surface area contributed by atoms with E-state index < -0.39 is 0 Å². The minimum absolute atomic E-state index is 0.241. The van der Waals surface area contributed by atoms with Gasteiger partial charge < -0.3 is 0 Å². The van der Waals surface area contributed by atoms with Gasteiger partial charge in [-0.15, -0.1) is 0 Å². The Kier molecular flexibility index (Phi) is 8.24. The van der Waals surface area contributed by atoms with Crippen molar-refractivity contribution in [2.75, 3.05) is 0 Å². The molecule has 0 atom stereocenters. The van der Waals surface area contributed by atoms with Crippen LogP contribution in [0.4, 0.5) is 0 Å². The Labute approximate surface area is 123 Å². The van der Waals surface area contributed by atoms with Crippen LogP contribution in [-0.2, 0) is 13.5 Å². The van der Waals surface area contributed by atoms with Gasteiger partial charge in [0.1, 0.15) is 5.69 Å². The average Bonchev–Trinajstić information content (AvgIpc) is 2.83. The lowest BCUT2D eigenvalue weighted by molar-refractivity contribution is 0.0970. The molecule has 1 aromatic rings. The number of carbonyl (C=O) groups excluding carboxylic acids is 1. The van der Waals surface area contributed by atoms with E-state index in [0.717, 1.165) is 24.2 Å². The van der Waals surface area contributed by atoms with Gasteiger partial charge in [0, 0.05) is 13.5 Å². The molecule has 0 aliphatic rings. The average molecular weight is 278 g/mol. The predicted molar refractivity (Wildman–Crippen MR) is 84.1 cm³/mol. The molecule has 0 aromatic carbocycles. The van der Waals surface area contributed by atoms with E-state index in [1.165, 1.54) is 44.9 Å². The van der Waals surface area contributed by atoms with Gasteiger partial charge in [0.05, 0.1) is 5.69 Å². The molecule has 1 rings (SSSR count). The number of unbranched alkanes of at least 4 members (excludes halogenated alkanes) is 7. The largest absolute Gasteiger partial charge is 0.292 e. The number of rotatable bonds is 11. The summed E-state index contributed by atoms with van der Waals surface area (Å²) in [4.78, 5) is 12.1. The molecule has 0 spiro atoms. The van der Waals surface area contributed by atoms with E-state index in [1.807, 2.05) is 13.1 Å². The van der Waals surface area contributed by atoms with Crippen LogP contribution in [0.3, 0.4) is 0 Å². The lowest BCUT2D eigenvalue weighted by atomic mass is 10.1. The number of hydrogen-bond donors (Lipinski definition) is 0. The molecule has 0 bridgehead atoms. The number of carbonyl (C=O) groups is 1. The summed E-state index contributed by atoms with van der Waals surface area (Å²) in [6.07, 6.45) is 11.7. The fraction of sp³-hybridized carbons (Fsp3) is 0.765. The summed E-state index contributed by atoms with van der Waals surface area (Å²) in [7, 11) is 1.86. The minimum Gasteiger partial charge on any atom is -0.292 e. The van der Waals surface area contributed by atoms with Gasteiger partial charge in [0.15, 0.2) is 5.78 Å². The van der Waals surface area contributed by atoms with Gasteiger partial charge in [-0.05, 0) is 18.9 Å². The van der Waals surface area contributed by atoms with Crippen molar-refractivity contribution in [1.29, 1.82) is 0 Å². The van der Waals surface area contributed by atoms with Crippen molar-refractivity contribution in [3.8, 4) is 0 Å². The molecule has 0 amide bonds. The van der Waals surface area contributed by atoms with E-state index in [9.17, 15) is 4.79 Å². The van der Waals surface area contributed by atoms with Crippen LogP contribution in [0.15, 0.2) is 6.07 Å². The van der Waals surface area contributed by atoms with Crippen molar-refractivity contribution < 1.29 is 4.79 Å². The smallest absolute Gasteiger partial charge is 0.180 e. The van der Waals surface area contributed by atoms with E-state index in [-0.39, 0.29) is 5.78 Å². The van der Waals surface area contributed by atoms with Crippen LogP contribution < -0.4 is 0 Å². The first-order chi connectivity index (χ1) is 9.69. The van der Waals surface area contributed by atoms with Crippen molar-refractivity contribution in [2.24, 2.45) is 7.05 Å². The van der Waals surface area contributed by atoms with Gasteiger partial charge in [-0.25, -0.2) is 0 Å². The van der Waals surface area contributed by atoms with E-state index >= 15 is 0 Å². The highest BCUT2D eigenvalue weighted by atomic mass is 16.1. The predicted octanol–water partition coefficient (Wildman–Crippen LogP) is 4.70. The first-order valence-electron chi connectivity index (χ1n) is 8.25. The first-order valence-corrected chi connectivity index (χ1v) is 8.25. The number of aromatic nitrogens is 2. The minimum atomic E-state index is 0.241. The fourth-order valence-electron chi connectivity index (χ4n) is 2.51. The third kappa shape index (κ3) is 5.89. The summed E-state index contributed by atoms with van der Waals surface area (Å²) >= 11 is 0. The van der Waals surface area contributed by atoms with Gasteiger partial charge in [0.25, 0.3) is 0 Å². The molecular formula is C17H30N2O. The zero-order valence-corrected chi connectivity index (χ0v) is 13.5. The third-order valence-electron chi connectivity index (χ3n) is 3.84. The summed E-state index contributed by atoms with van der Waals surface area (Å²) in [6.45, 7) is 4.31. The van der Waals surface area contributed by atoms with Crippen molar-refractivity contribution in [1.82, 2.24) is 9.78 Å². The molecule has 0 fully saturated rings. The van der Waals surface area contributed by atoms with Crippen molar-refractivity contribution in [3.05, 3.63) is 17.5 Å². The quantitative estimate of drug-likeness (QED) is 0.434. The second-order valence-corrected chi connectivity index (χ2v) is 5.65. The Morgan fingerprint density at radius 1 is 1.05 bits per heavy atom. The molecule has 114 valence electrons. The standard InChI is InChI=1S/C17H30N2O/c1-4-6-7-8-9-10-11-12-13-17(20)16-14-15(5-2)18-19(16)3/h14H,4-13H2,1-3H3. The highest BCUT2D eigenvalue weighted by Gasteiger charge is 2.11. The maximum Gasteiger partial charge on any atom is 0.180 e. The lowest BCUT2D eigenvalue weighted by Crippen LogP contribution is -2.06. The molecule has 0 unspecified atom stereocenters. The number of aryl methyl sites for hydroxylation is 2. The maximum absolute atomic E-state index is 12.1. The van der Waals surface area contributed by atoms with Gasteiger partial charge in [-0.1, -0.05) is 58.8 Å². The highest BCUT2D eigenvalue weighted by Crippen LogP contribution is 2.12. The van der Waals surface area contributed by atoms with Crippen LogP contribution in [0, 0.1) is 0 Å². The van der Waals surface area contributed by atoms with Crippen LogP contribution in [0.25, 0.3) is 0 Å². The molecule has 3 heteroatoms. The molecule has 0 aliphatic carbocycles. The Balaban J connectivity index is 2.15. The van der Waals surface area contributed by atoms with E-state index in [0.29, 0.717) is 6.42 Å². The van der Waals surface area contributed by atoms with Crippen molar-refractivity contribution in [2.45, 2.75) is 78.1 Å². The molecule has 0 saturated heterocycles. The summed E-state index contributed by atoms with van der Waals surface area (Å²) in [5, 5.41) is 4.33. The van der Waals surface area contributed by atoms with Crippen LogP contribution in [0.2, 0.25) is 0 Å². The van der Waals surface area contributed by atoms with Gasteiger partial charge >= 0.3 is 0 Å². The molecule has 20 heavy (non-hydrogen) atoms. The normalized spacial score (nSPS) is 10.9. The SMILES string of the molecule is CCCCCCCCCCC(=O)c1cc(CC)nn1C. The van der Waals surface area contributed by atoms with Gasteiger partial charge in [-0.3, -0.25) is 9.48 Å². The molecule has 3 nitrogen and oxygen atoms in total. The number of nitrogens with zero attached hydrogens (tertiary/aromatic N) is 2. The zero-order valence-electron chi connectivity index (χ0n) is 13.5. The second-order valence-electron chi connectivity index (χ2n) is 5.65. The Bertz CT molecular complexity index is 396. The summed E-state index contributed by atoms with van der Waals surface area (Å²) in [5.74, 6) is 0.241. The topological polar surface area (TPSA) is 34.9 Å². The summed E-state index contributed by atoms with van der Waals surface area (Å²) in [5.41, 5.74) is 1.77. The molecule has 1 aromatic heterocycles. The van der Waals surface area contributed by atoms with E-state index in [4.69, 9.17) is 0 Å². The van der Waals surface area contributed by atoms with E-state index in [1.54, 1.807) is 4.68 Å². The lowest BCUT2D eigenvalue weighted by Gasteiger charge is -2.02. The van der Waals surface area contributed by atoms with Crippen LogP contribution in [0.5, 0.6) is 0 Å². The Morgan fingerprint density at radius 3 is 2.20 bits per heavy atom. The molecular weight excluding hydrogens is 248 g/mol. The van der Waals surface area contributed by atoms with E-state index in [2.05, 4.69) is 18.9 Å². The van der Waals surface area contributed by atoms with Gasteiger partial charge in [-0.2, -0.15) is 5.10 Å². The van der Waals surface area contributed by atoms with Crippen LogP contribution in [-0.4, -0.2) is 15.6 Å². The van der Waals surface area contributed by atoms with Crippen molar-refractivity contribution in [3.63, 3.8) is 0 Å². The maximum atomic E-state index is 12.1. The zero-order chi connectivity index (χ0) is 14.8. The number of hydrogen-bond acceptors (Lipinski definition) is 2. The molecule has 1 heterocycles. The Hall–Kier alpha value is -1.12. The first kappa shape index (κ1) is 16.9. The van der Waals surface area contributed by atoms with Crippen LogP contribution >= 0.6 is 0 Å². The monoisotopic (exact) mass is 278 g/mol. The number of ketones is 1. The van der Waals surface area contributed by atoms with Gasteiger partial charge in [0.2, 0.25) is 0 Å². The Morgan fingerprint density at radius 2 is 1.65 bits per heavy atom. The number of Topliss-reactive ketones (excluding diaryl/α,β-unsaturated/α-hetero) is 1. The molecule has 0 saturated carbocycles. The molecule has 0 radical (unpaired) electrons. The van der Waals surface area contributed by atoms with Crippen molar-refractivity contribution >= 4 is 5.78 Å².